The highest BCUT2D eigenvalue weighted by atomic mass is 32.2. The molecule has 0 aliphatic carbocycles. The zero-order valence-corrected chi connectivity index (χ0v) is 11.6. The van der Waals surface area contributed by atoms with E-state index in [1.807, 2.05) is 0 Å². The third kappa shape index (κ3) is 3.46. The van der Waals surface area contributed by atoms with Gasteiger partial charge in [0, 0.05) is 11.4 Å². The SMILES string of the molecule is NS(=O)(=O)c1cc(F)cc(NC(=O)C2CSC(=O)N2)c1. The van der Waals surface area contributed by atoms with E-state index < -0.39 is 32.7 Å². The van der Waals surface area contributed by atoms with Gasteiger partial charge in [-0.3, -0.25) is 9.59 Å². The van der Waals surface area contributed by atoms with Crippen molar-refractivity contribution in [2.24, 2.45) is 5.14 Å². The van der Waals surface area contributed by atoms with Crippen molar-refractivity contribution in [2.75, 3.05) is 11.1 Å². The second kappa shape index (κ2) is 5.38. The molecule has 2 rings (SSSR count). The van der Waals surface area contributed by atoms with Gasteiger partial charge in [-0.05, 0) is 18.2 Å². The van der Waals surface area contributed by atoms with E-state index in [2.05, 4.69) is 10.6 Å². The number of carbonyl (C=O) groups excluding carboxylic acids is 2. The molecular weight excluding hydrogens is 309 g/mol. The van der Waals surface area contributed by atoms with Gasteiger partial charge in [-0.25, -0.2) is 17.9 Å². The Kier molecular flexibility index (Phi) is 3.97. The predicted molar refractivity (Wildman–Crippen MR) is 71.2 cm³/mol. The van der Waals surface area contributed by atoms with Gasteiger partial charge in [0.25, 0.3) is 5.24 Å². The Bertz CT molecular complexity index is 677. The van der Waals surface area contributed by atoms with Gasteiger partial charge in [0.1, 0.15) is 11.9 Å². The van der Waals surface area contributed by atoms with Gasteiger partial charge in [-0.15, -0.1) is 0 Å². The van der Waals surface area contributed by atoms with E-state index in [-0.39, 0.29) is 16.7 Å². The molecule has 1 aromatic carbocycles. The van der Waals surface area contributed by atoms with Crippen molar-refractivity contribution in [3.63, 3.8) is 0 Å². The minimum Gasteiger partial charge on any atom is -0.334 e. The van der Waals surface area contributed by atoms with Crippen LogP contribution in [0.4, 0.5) is 14.9 Å². The van der Waals surface area contributed by atoms with Gasteiger partial charge < -0.3 is 10.6 Å². The molecule has 1 aliphatic rings. The summed E-state index contributed by atoms with van der Waals surface area (Å²) >= 11 is 0.954. The van der Waals surface area contributed by atoms with E-state index in [1.54, 1.807) is 0 Å². The normalized spacial score (nSPS) is 18.7. The van der Waals surface area contributed by atoms with Gasteiger partial charge in [0.05, 0.1) is 4.90 Å². The monoisotopic (exact) mass is 319 g/mol. The van der Waals surface area contributed by atoms with Crippen LogP contribution in [0.1, 0.15) is 0 Å². The van der Waals surface area contributed by atoms with Crippen LogP contribution in [-0.2, 0) is 14.8 Å². The minimum atomic E-state index is -4.08. The summed E-state index contributed by atoms with van der Waals surface area (Å²) in [5.41, 5.74) is -0.0508. The summed E-state index contributed by atoms with van der Waals surface area (Å²) in [6, 6.07) is 2.00. The second-order valence-corrected chi connectivity index (χ2v) is 6.56. The summed E-state index contributed by atoms with van der Waals surface area (Å²) in [7, 11) is -4.08. The van der Waals surface area contributed by atoms with Gasteiger partial charge >= 0.3 is 0 Å². The first-order chi connectivity index (χ1) is 9.25. The van der Waals surface area contributed by atoms with E-state index in [4.69, 9.17) is 5.14 Å². The molecule has 1 atom stereocenters. The first-order valence-electron chi connectivity index (χ1n) is 5.33. The number of rotatable bonds is 3. The Morgan fingerprint density at radius 3 is 2.70 bits per heavy atom. The van der Waals surface area contributed by atoms with Crippen molar-refractivity contribution in [1.82, 2.24) is 5.32 Å². The average molecular weight is 319 g/mol. The largest absolute Gasteiger partial charge is 0.334 e. The summed E-state index contributed by atoms with van der Waals surface area (Å²) in [5.74, 6) is -1.16. The third-order valence-electron chi connectivity index (χ3n) is 2.46. The first kappa shape index (κ1) is 14.8. The summed E-state index contributed by atoms with van der Waals surface area (Å²) in [5, 5.41) is 9.31. The Hall–Kier alpha value is -1.65. The van der Waals surface area contributed by atoms with Gasteiger partial charge in [0.2, 0.25) is 15.9 Å². The lowest BCUT2D eigenvalue weighted by molar-refractivity contribution is -0.117. The molecule has 10 heteroatoms. The number of primary sulfonamides is 1. The van der Waals surface area contributed by atoms with Gasteiger partial charge in [-0.2, -0.15) is 0 Å². The predicted octanol–water partition coefficient (Wildman–Crippen LogP) is 0.237. The molecule has 1 unspecified atom stereocenters. The number of amides is 2. The molecule has 0 radical (unpaired) electrons. The zero-order valence-electron chi connectivity index (χ0n) is 9.92. The number of sulfonamides is 1. The number of carbonyl (C=O) groups is 2. The molecule has 7 nitrogen and oxygen atoms in total. The van der Waals surface area contributed by atoms with Crippen molar-refractivity contribution in [3.8, 4) is 0 Å². The fourth-order valence-corrected chi connectivity index (χ4v) is 2.90. The van der Waals surface area contributed by atoms with Crippen LogP contribution in [0.15, 0.2) is 23.1 Å². The number of benzene rings is 1. The number of hydrogen-bond donors (Lipinski definition) is 3. The standard InChI is InChI=1S/C10H10FN3O4S2/c11-5-1-6(3-7(2-5)20(12,17)18)13-9(15)8-4-19-10(16)14-8/h1-3,8H,4H2,(H,13,15)(H,14,16)(H2,12,17,18). The quantitative estimate of drug-likeness (QED) is 0.737. The Balaban J connectivity index is 2.19. The molecule has 1 heterocycles. The van der Waals surface area contributed by atoms with Crippen molar-refractivity contribution >= 4 is 38.6 Å². The molecule has 0 aromatic heterocycles. The highest BCUT2D eigenvalue weighted by molar-refractivity contribution is 8.14. The maximum atomic E-state index is 13.3. The van der Waals surface area contributed by atoms with Crippen LogP contribution in [0.5, 0.6) is 0 Å². The summed E-state index contributed by atoms with van der Waals surface area (Å²) in [4.78, 5) is 22.3. The third-order valence-corrected chi connectivity index (χ3v) is 4.23. The molecule has 20 heavy (non-hydrogen) atoms. The fourth-order valence-electron chi connectivity index (χ4n) is 1.55. The second-order valence-electron chi connectivity index (χ2n) is 4.01. The van der Waals surface area contributed by atoms with Crippen LogP contribution in [0, 0.1) is 5.82 Å². The molecule has 2 amide bonds. The Morgan fingerprint density at radius 1 is 1.45 bits per heavy atom. The van der Waals surface area contributed by atoms with Crippen LogP contribution in [-0.4, -0.2) is 31.4 Å². The van der Waals surface area contributed by atoms with Crippen LogP contribution < -0.4 is 15.8 Å². The number of halogens is 1. The van der Waals surface area contributed by atoms with Crippen molar-refractivity contribution in [2.45, 2.75) is 10.9 Å². The summed E-state index contributed by atoms with van der Waals surface area (Å²) in [6.07, 6.45) is 0. The Morgan fingerprint density at radius 2 is 2.15 bits per heavy atom. The zero-order chi connectivity index (χ0) is 14.9. The topological polar surface area (TPSA) is 118 Å². The minimum absolute atomic E-state index is 0.0508. The molecule has 1 aromatic rings. The van der Waals surface area contributed by atoms with Crippen LogP contribution in [0.2, 0.25) is 0 Å². The number of thioether (sulfide) groups is 1. The highest BCUT2D eigenvalue weighted by Crippen LogP contribution is 2.19. The molecule has 0 spiro atoms. The van der Waals surface area contributed by atoms with Gasteiger partial charge in [0.15, 0.2) is 0 Å². The molecule has 108 valence electrons. The van der Waals surface area contributed by atoms with E-state index in [9.17, 15) is 22.4 Å². The lowest BCUT2D eigenvalue weighted by Gasteiger charge is -2.11. The lowest BCUT2D eigenvalue weighted by atomic mass is 10.2. The maximum absolute atomic E-state index is 13.3. The summed E-state index contributed by atoms with van der Waals surface area (Å²) in [6.45, 7) is 0. The molecule has 4 N–H and O–H groups in total. The van der Waals surface area contributed by atoms with Crippen LogP contribution >= 0.6 is 11.8 Å². The maximum Gasteiger partial charge on any atom is 0.279 e. The van der Waals surface area contributed by atoms with E-state index in [1.165, 1.54) is 0 Å². The van der Waals surface area contributed by atoms with E-state index in [0.717, 1.165) is 30.0 Å². The smallest absolute Gasteiger partial charge is 0.279 e. The van der Waals surface area contributed by atoms with E-state index >= 15 is 0 Å². The number of anilines is 1. The molecule has 1 aliphatic heterocycles. The molecule has 1 fully saturated rings. The van der Waals surface area contributed by atoms with E-state index in [0.29, 0.717) is 0 Å². The number of hydrogen-bond acceptors (Lipinski definition) is 5. The fraction of sp³-hybridized carbons (Fsp3) is 0.200. The molecule has 0 saturated carbocycles. The molecule has 1 saturated heterocycles. The van der Waals surface area contributed by atoms with Crippen molar-refractivity contribution < 1.29 is 22.4 Å². The molecular formula is C10H10FN3O4S2. The first-order valence-corrected chi connectivity index (χ1v) is 7.86. The van der Waals surface area contributed by atoms with Crippen LogP contribution in [0.3, 0.4) is 0 Å². The summed E-state index contributed by atoms with van der Waals surface area (Å²) < 4.78 is 35.6. The van der Waals surface area contributed by atoms with Crippen molar-refractivity contribution in [1.29, 1.82) is 0 Å². The highest BCUT2D eigenvalue weighted by Gasteiger charge is 2.28. The lowest BCUT2D eigenvalue weighted by Crippen LogP contribution is -2.38. The van der Waals surface area contributed by atoms with Crippen molar-refractivity contribution in [3.05, 3.63) is 24.0 Å². The Labute approximate surface area is 118 Å². The van der Waals surface area contributed by atoms with Gasteiger partial charge in [-0.1, -0.05) is 11.8 Å². The number of nitrogens with one attached hydrogen (secondary N) is 2. The average Bonchev–Trinajstić information content (AvgIpc) is 2.74. The number of nitrogens with two attached hydrogens (primary N) is 1. The molecule has 0 bridgehead atoms. The van der Waals surface area contributed by atoms with Crippen LogP contribution in [0.25, 0.3) is 0 Å².